The minimum Gasteiger partial charge on any atom is -0.522 e. The zero-order chi connectivity index (χ0) is 58.0. The first-order chi connectivity index (χ1) is 40.5. The molecule has 0 N–H and O–H groups in total. The van der Waals surface area contributed by atoms with Gasteiger partial charge in [-0.05, 0) is 105 Å². The summed E-state index contributed by atoms with van der Waals surface area (Å²) in [6.07, 6.45) is 7.60. The van der Waals surface area contributed by atoms with Gasteiger partial charge in [0.1, 0.15) is 5.82 Å². The smallest absolute Gasteiger partial charge is 0.269 e. The van der Waals surface area contributed by atoms with Gasteiger partial charge in [0, 0.05) is 38.5 Å². The number of aromatic nitrogens is 5. The Morgan fingerprint density at radius 2 is 0.965 bits per heavy atom. The van der Waals surface area contributed by atoms with Crippen molar-refractivity contribution in [3.8, 4) is 51.1 Å². The molecular formula is C77H67N5OPtSi-2. The van der Waals surface area contributed by atoms with Crippen LogP contribution in [-0.2, 0) is 37.3 Å². The topological polar surface area (TPSA) is 48.8 Å². The molecule has 0 saturated carbocycles. The Labute approximate surface area is 515 Å². The van der Waals surface area contributed by atoms with Crippen molar-refractivity contribution < 1.29 is 30.4 Å². The van der Waals surface area contributed by atoms with Gasteiger partial charge in [-0.15, -0.1) is 17.5 Å². The molecule has 4 heterocycles. The summed E-state index contributed by atoms with van der Waals surface area (Å²) < 4.78 is 13.2. The minimum atomic E-state index is -2.93. The summed E-state index contributed by atoms with van der Waals surface area (Å²) in [5.74, 6) is 2.42. The second-order valence-electron chi connectivity index (χ2n) is 25.1. The van der Waals surface area contributed by atoms with Crippen molar-refractivity contribution >= 4 is 61.7 Å². The first kappa shape index (κ1) is 56.7. The second-order valence-corrected chi connectivity index (χ2v) is 28.9. The summed E-state index contributed by atoms with van der Waals surface area (Å²) in [6, 6.07) is 91.3. The van der Waals surface area contributed by atoms with Crippen LogP contribution in [-0.4, -0.2) is 27.2 Å². The van der Waals surface area contributed by atoms with Crippen LogP contribution in [0.2, 0.25) is 0 Å². The minimum absolute atomic E-state index is 0. The fraction of sp³-hybridized carbons (Fsp3) is 0.156. The number of rotatable bonds is 11. The fourth-order valence-corrected chi connectivity index (χ4v) is 16.9. The molecule has 0 aliphatic rings. The number of para-hydroxylation sites is 3. The van der Waals surface area contributed by atoms with Crippen LogP contribution in [0.5, 0.6) is 11.5 Å². The third-order valence-electron chi connectivity index (χ3n) is 16.5. The Morgan fingerprint density at radius 1 is 0.435 bits per heavy atom. The molecule has 4 aromatic heterocycles. The monoisotopic (exact) mass is 1300 g/mol. The van der Waals surface area contributed by atoms with Crippen molar-refractivity contribution in [3.63, 3.8) is 0 Å². The normalized spacial score (nSPS) is 12.2. The standard InChI is InChI=1S/C77H67N5OSi.Pt/c1-75(2,3)55-27-23-25-53(45-55)66-47-57(77(7,8)9)48-67(54-26-24-34-63(46-54)84(60-28-13-10-14-29-60,61-30-15-11-16-31-61)62-32-17-12-18-33-62)74(66)81-52-80(69-37-21-22-38-70(69)81)72-51-59(42-44-78-72)83-58-39-40-65-64-35-19-20-36-68(64)82(71(65)50-58)73-49-56(41-43-79-73)76(4,5)6;/h10-49H,1-9H3;/q-2;. The zero-order valence-electron chi connectivity index (χ0n) is 49.6. The quantitative estimate of drug-likeness (QED) is 0.0561. The molecule has 0 fully saturated rings. The van der Waals surface area contributed by atoms with E-state index in [0.29, 0.717) is 17.3 Å². The van der Waals surface area contributed by atoms with Crippen LogP contribution in [0.4, 0.5) is 0 Å². The van der Waals surface area contributed by atoms with E-state index in [4.69, 9.17) is 14.7 Å². The molecule has 6 nitrogen and oxygen atoms in total. The number of benzene rings is 9. The number of hydrogen-bond acceptors (Lipinski definition) is 3. The second kappa shape index (κ2) is 22.4. The molecule has 8 heteroatoms. The van der Waals surface area contributed by atoms with Gasteiger partial charge in [-0.3, -0.25) is 14.1 Å². The van der Waals surface area contributed by atoms with E-state index >= 15 is 0 Å². The number of fused-ring (bicyclic) bond motifs is 4. The van der Waals surface area contributed by atoms with Gasteiger partial charge in [0.2, 0.25) is 0 Å². The average molecular weight is 1300 g/mol. The van der Waals surface area contributed by atoms with Crippen LogP contribution in [0, 0.1) is 18.5 Å². The summed E-state index contributed by atoms with van der Waals surface area (Å²) in [5.41, 5.74) is 12.6. The fourth-order valence-electron chi connectivity index (χ4n) is 12.1. The van der Waals surface area contributed by atoms with E-state index in [0.717, 1.165) is 66.6 Å². The van der Waals surface area contributed by atoms with Gasteiger partial charge in [0.25, 0.3) is 6.33 Å². The van der Waals surface area contributed by atoms with Crippen LogP contribution >= 0.6 is 0 Å². The summed E-state index contributed by atoms with van der Waals surface area (Å²) >= 11 is 0. The molecule has 0 spiro atoms. The molecular weight excluding hydrogens is 1230 g/mol. The Hall–Kier alpha value is -8.74. The Kier molecular flexibility index (Phi) is 14.9. The van der Waals surface area contributed by atoms with E-state index in [1.807, 2.05) is 22.9 Å². The Bertz CT molecular complexity index is 4490. The molecule has 0 aliphatic carbocycles. The van der Waals surface area contributed by atoms with Crippen molar-refractivity contribution in [2.75, 3.05) is 0 Å². The van der Waals surface area contributed by atoms with Gasteiger partial charge in [-0.2, -0.15) is 18.2 Å². The van der Waals surface area contributed by atoms with Gasteiger partial charge in [0.15, 0.2) is 8.07 Å². The van der Waals surface area contributed by atoms with Crippen molar-refractivity contribution in [2.24, 2.45) is 0 Å². The number of nitrogens with zero attached hydrogens (tertiary/aromatic N) is 5. The van der Waals surface area contributed by atoms with Crippen LogP contribution in [0.15, 0.2) is 243 Å². The van der Waals surface area contributed by atoms with E-state index < -0.39 is 8.07 Å². The maximum absolute atomic E-state index is 6.77. The maximum atomic E-state index is 6.77. The number of pyridine rings is 2. The van der Waals surface area contributed by atoms with Crippen LogP contribution < -0.4 is 30.1 Å². The van der Waals surface area contributed by atoms with Crippen LogP contribution in [0.25, 0.3) is 72.4 Å². The van der Waals surface area contributed by atoms with E-state index in [1.54, 1.807) is 6.20 Å². The summed E-state index contributed by atoms with van der Waals surface area (Å²) in [7, 11) is -2.93. The number of ether oxygens (including phenoxy) is 1. The van der Waals surface area contributed by atoms with E-state index in [-0.39, 0.29) is 37.3 Å². The summed E-state index contributed by atoms with van der Waals surface area (Å²) in [5, 5.41) is 7.45. The van der Waals surface area contributed by atoms with E-state index in [9.17, 15) is 0 Å². The van der Waals surface area contributed by atoms with Gasteiger partial charge in [-0.25, -0.2) is 4.98 Å². The first-order valence-corrected chi connectivity index (χ1v) is 31.1. The van der Waals surface area contributed by atoms with Crippen LogP contribution in [0.1, 0.15) is 79.0 Å². The number of imidazole rings is 1. The molecule has 0 bridgehead atoms. The molecule has 13 aromatic rings. The van der Waals surface area contributed by atoms with Gasteiger partial charge in [0.05, 0.1) is 22.5 Å². The zero-order valence-corrected chi connectivity index (χ0v) is 52.8. The van der Waals surface area contributed by atoms with E-state index in [1.165, 1.54) is 37.4 Å². The predicted molar refractivity (Wildman–Crippen MR) is 348 cm³/mol. The molecule has 85 heavy (non-hydrogen) atoms. The van der Waals surface area contributed by atoms with Crippen LogP contribution in [0.3, 0.4) is 0 Å². The Balaban J connectivity index is 0.00000709. The van der Waals surface area contributed by atoms with Gasteiger partial charge in [-0.1, -0.05) is 268 Å². The largest absolute Gasteiger partial charge is 0.522 e. The maximum Gasteiger partial charge on any atom is 0.269 e. The Morgan fingerprint density at radius 3 is 1.60 bits per heavy atom. The molecule has 0 amide bonds. The third-order valence-corrected chi connectivity index (χ3v) is 21.3. The molecule has 0 aliphatic heterocycles. The molecule has 9 aromatic carbocycles. The van der Waals surface area contributed by atoms with Crippen molar-refractivity contribution in [3.05, 3.63) is 278 Å². The molecule has 422 valence electrons. The van der Waals surface area contributed by atoms with Gasteiger partial charge < -0.3 is 9.30 Å². The SMILES string of the molecule is CC(C)(C)c1cccc(-c2cc(C(C)(C)C)cc(-c3cccc([Si](c4ccccc4)(c4ccccc4)c4ccccc4)c3)c2-[n+]2[c-]n(-c3[c-]c(Oc4[c-]c5c(cc4)c4ccccc4n5-c4cc(C(C)(C)C)ccn4)ccn3)c3ccccc32)c1.[Pt]. The molecule has 13 rings (SSSR count). The molecule has 0 unspecified atom stereocenters. The first-order valence-electron chi connectivity index (χ1n) is 29.1. The summed E-state index contributed by atoms with van der Waals surface area (Å²) in [6.45, 7) is 20.5. The molecule has 0 atom stereocenters. The van der Waals surface area contributed by atoms with Gasteiger partial charge >= 0.3 is 0 Å². The predicted octanol–water partition coefficient (Wildman–Crippen LogP) is 15.6. The summed E-state index contributed by atoms with van der Waals surface area (Å²) in [4.78, 5) is 9.91. The third kappa shape index (κ3) is 10.5. The average Bonchev–Trinajstić information content (AvgIpc) is 2.39. The van der Waals surface area contributed by atoms with Crippen molar-refractivity contribution in [1.82, 2.24) is 19.1 Å². The molecule has 0 radical (unpaired) electrons. The van der Waals surface area contributed by atoms with E-state index in [2.05, 4.69) is 308 Å². The number of hydrogen-bond donors (Lipinski definition) is 0. The van der Waals surface area contributed by atoms with Crippen molar-refractivity contribution in [1.29, 1.82) is 0 Å². The van der Waals surface area contributed by atoms with Crippen molar-refractivity contribution in [2.45, 2.75) is 78.6 Å². The molecule has 0 saturated heterocycles.